The minimum atomic E-state index is -0.863. The van der Waals surface area contributed by atoms with E-state index in [-0.39, 0.29) is 6.54 Å². The van der Waals surface area contributed by atoms with Crippen LogP contribution in [-0.2, 0) is 9.59 Å². The van der Waals surface area contributed by atoms with Crippen LogP contribution in [0.3, 0.4) is 0 Å². The van der Waals surface area contributed by atoms with Crippen LogP contribution in [0.5, 0.6) is 0 Å². The number of carboxylic acid groups (broad SMARTS) is 1. The summed E-state index contributed by atoms with van der Waals surface area (Å²) in [7, 11) is 0. The van der Waals surface area contributed by atoms with E-state index in [0.29, 0.717) is 18.4 Å². The molecule has 2 rings (SSSR count). The van der Waals surface area contributed by atoms with E-state index in [9.17, 15) is 19.1 Å². The molecule has 0 spiro atoms. The highest BCUT2D eigenvalue weighted by Crippen LogP contribution is 2.37. The Kier molecular flexibility index (Phi) is 4.73. The first kappa shape index (κ1) is 15.2. The van der Waals surface area contributed by atoms with Crippen LogP contribution < -0.4 is 5.32 Å². The Morgan fingerprint density at radius 3 is 2.57 bits per heavy atom. The monoisotopic (exact) mass is 291 g/mol. The second-order valence-electron chi connectivity index (χ2n) is 5.37. The summed E-state index contributed by atoms with van der Waals surface area (Å²) in [6, 6.07) is 6.13. The molecule has 1 aliphatic carbocycles. The van der Waals surface area contributed by atoms with Gasteiger partial charge in [0.25, 0.3) is 0 Å². The van der Waals surface area contributed by atoms with E-state index in [1.807, 2.05) is 0 Å². The maximum absolute atomic E-state index is 13.4. The third-order valence-corrected chi connectivity index (χ3v) is 3.93. The van der Waals surface area contributed by atoms with Crippen LogP contribution in [-0.4, -0.2) is 23.5 Å². The van der Waals surface area contributed by atoms with Crippen LogP contribution in [0, 0.1) is 11.2 Å². The Bertz CT molecular complexity index is 562. The van der Waals surface area contributed by atoms with E-state index in [2.05, 4.69) is 5.32 Å². The number of amides is 1. The molecule has 0 atom stereocenters. The van der Waals surface area contributed by atoms with Gasteiger partial charge in [-0.05, 0) is 25.0 Å². The lowest BCUT2D eigenvalue weighted by Crippen LogP contribution is -2.40. The number of aliphatic carboxylic acids is 1. The van der Waals surface area contributed by atoms with E-state index in [1.54, 1.807) is 18.2 Å². The Labute approximate surface area is 122 Å². The number of nitrogens with one attached hydrogen (secondary N) is 1. The smallest absolute Gasteiger partial charge is 0.311 e. The van der Waals surface area contributed by atoms with Crippen molar-refractivity contribution in [2.24, 2.45) is 5.41 Å². The summed E-state index contributed by atoms with van der Waals surface area (Å²) in [5, 5.41) is 11.9. The molecule has 0 aromatic heterocycles. The van der Waals surface area contributed by atoms with Crippen molar-refractivity contribution in [3.63, 3.8) is 0 Å². The van der Waals surface area contributed by atoms with Crippen molar-refractivity contribution < 1.29 is 19.1 Å². The van der Waals surface area contributed by atoms with Gasteiger partial charge in [0.15, 0.2) is 0 Å². The molecule has 1 amide bonds. The zero-order valence-corrected chi connectivity index (χ0v) is 11.6. The number of rotatable bonds is 5. The molecule has 1 aromatic rings. The van der Waals surface area contributed by atoms with Crippen LogP contribution in [0.1, 0.15) is 31.2 Å². The average Bonchev–Trinajstić information content (AvgIpc) is 2.94. The van der Waals surface area contributed by atoms with Crippen LogP contribution in [0.2, 0.25) is 0 Å². The lowest BCUT2D eigenvalue weighted by Gasteiger charge is -2.23. The van der Waals surface area contributed by atoms with Gasteiger partial charge in [0.1, 0.15) is 5.82 Å². The normalized spacial score (nSPS) is 17.0. The standard InChI is InChI=1S/C16H18FNO3/c17-13-6-2-1-5-12(13)7-8-14(19)18-11-16(15(20)21)9-3-4-10-16/h1-2,5-8H,3-4,9-11H2,(H,18,19)(H,20,21)/b8-7+. The van der Waals surface area contributed by atoms with Crippen molar-refractivity contribution in [2.75, 3.05) is 6.54 Å². The molecule has 112 valence electrons. The van der Waals surface area contributed by atoms with Crippen LogP contribution >= 0.6 is 0 Å². The van der Waals surface area contributed by atoms with Crippen molar-refractivity contribution in [1.82, 2.24) is 5.32 Å². The number of hydrogen-bond acceptors (Lipinski definition) is 2. The van der Waals surface area contributed by atoms with Crippen molar-refractivity contribution in [3.8, 4) is 0 Å². The molecular weight excluding hydrogens is 273 g/mol. The highest BCUT2D eigenvalue weighted by molar-refractivity contribution is 5.92. The number of carbonyl (C=O) groups is 2. The summed E-state index contributed by atoms with van der Waals surface area (Å²) in [5.74, 6) is -1.68. The van der Waals surface area contributed by atoms with E-state index >= 15 is 0 Å². The fraction of sp³-hybridized carbons (Fsp3) is 0.375. The summed E-state index contributed by atoms with van der Waals surface area (Å²) < 4.78 is 13.4. The number of carbonyl (C=O) groups excluding carboxylic acids is 1. The quantitative estimate of drug-likeness (QED) is 0.819. The summed E-state index contributed by atoms with van der Waals surface area (Å²) in [4.78, 5) is 23.1. The number of halogens is 1. The van der Waals surface area contributed by atoms with Gasteiger partial charge < -0.3 is 10.4 Å². The van der Waals surface area contributed by atoms with Crippen molar-refractivity contribution in [1.29, 1.82) is 0 Å². The number of carboxylic acids is 1. The fourth-order valence-corrected chi connectivity index (χ4v) is 2.61. The van der Waals surface area contributed by atoms with E-state index < -0.39 is 23.1 Å². The lowest BCUT2D eigenvalue weighted by molar-refractivity contribution is -0.148. The summed E-state index contributed by atoms with van der Waals surface area (Å²) >= 11 is 0. The van der Waals surface area contributed by atoms with Crippen molar-refractivity contribution in [3.05, 3.63) is 41.7 Å². The van der Waals surface area contributed by atoms with Crippen LogP contribution in [0.15, 0.2) is 30.3 Å². The first-order valence-corrected chi connectivity index (χ1v) is 6.97. The molecule has 4 nitrogen and oxygen atoms in total. The molecule has 2 N–H and O–H groups in total. The predicted octanol–water partition coefficient (Wildman–Crippen LogP) is 2.60. The zero-order valence-electron chi connectivity index (χ0n) is 11.6. The number of hydrogen-bond donors (Lipinski definition) is 2. The minimum Gasteiger partial charge on any atom is -0.481 e. The molecule has 5 heteroatoms. The average molecular weight is 291 g/mol. The molecule has 0 radical (unpaired) electrons. The van der Waals surface area contributed by atoms with Gasteiger partial charge in [0.05, 0.1) is 5.41 Å². The SMILES string of the molecule is O=C(/C=C/c1ccccc1F)NCC1(C(=O)O)CCCC1. The van der Waals surface area contributed by atoms with Gasteiger partial charge in [-0.1, -0.05) is 31.0 Å². The van der Waals surface area contributed by atoms with Gasteiger partial charge in [0.2, 0.25) is 5.91 Å². The molecule has 1 saturated carbocycles. The first-order valence-electron chi connectivity index (χ1n) is 6.97. The molecular formula is C16H18FNO3. The second kappa shape index (κ2) is 6.52. The van der Waals surface area contributed by atoms with E-state index in [1.165, 1.54) is 18.2 Å². The van der Waals surface area contributed by atoms with Gasteiger partial charge in [-0.25, -0.2) is 4.39 Å². The maximum atomic E-state index is 13.4. The largest absolute Gasteiger partial charge is 0.481 e. The highest BCUT2D eigenvalue weighted by Gasteiger charge is 2.41. The van der Waals surface area contributed by atoms with Crippen LogP contribution in [0.4, 0.5) is 4.39 Å². The highest BCUT2D eigenvalue weighted by atomic mass is 19.1. The molecule has 21 heavy (non-hydrogen) atoms. The molecule has 1 aromatic carbocycles. The molecule has 0 aliphatic heterocycles. The summed E-state index contributed by atoms with van der Waals surface area (Å²) in [6.45, 7) is 0.114. The molecule has 0 unspecified atom stereocenters. The maximum Gasteiger partial charge on any atom is 0.311 e. The van der Waals surface area contributed by atoms with Gasteiger partial charge in [-0.15, -0.1) is 0 Å². The minimum absolute atomic E-state index is 0.114. The van der Waals surface area contributed by atoms with Gasteiger partial charge >= 0.3 is 5.97 Å². The van der Waals surface area contributed by atoms with Gasteiger partial charge in [0, 0.05) is 18.2 Å². The molecule has 1 fully saturated rings. The summed E-state index contributed by atoms with van der Waals surface area (Å²) in [5.41, 5.74) is -0.525. The molecule has 0 heterocycles. The third-order valence-electron chi connectivity index (χ3n) is 3.93. The predicted molar refractivity (Wildman–Crippen MR) is 77.0 cm³/mol. The zero-order chi connectivity index (χ0) is 15.3. The van der Waals surface area contributed by atoms with Crippen LogP contribution in [0.25, 0.3) is 6.08 Å². The summed E-state index contributed by atoms with van der Waals surface area (Å²) in [6.07, 6.45) is 5.51. The molecule has 0 saturated heterocycles. The Morgan fingerprint density at radius 1 is 1.29 bits per heavy atom. The number of benzene rings is 1. The second-order valence-corrected chi connectivity index (χ2v) is 5.37. The van der Waals surface area contributed by atoms with Gasteiger partial charge in [-0.2, -0.15) is 0 Å². The topological polar surface area (TPSA) is 66.4 Å². The third kappa shape index (κ3) is 3.68. The fourth-order valence-electron chi connectivity index (χ4n) is 2.61. The Morgan fingerprint density at radius 2 is 1.95 bits per heavy atom. The molecule has 0 bridgehead atoms. The van der Waals surface area contributed by atoms with E-state index in [4.69, 9.17) is 0 Å². The molecule has 1 aliphatic rings. The lowest BCUT2D eigenvalue weighted by atomic mass is 9.86. The van der Waals surface area contributed by atoms with Crippen molar-refractivity contribution in [2.45, 2.75) is 25.7 Å². The van der Waals surface area contributed by atoms with E-state index in [0.717, 1.165) is 12.8 Å². The Balaban J connectivity index is 1.93. The Hall–Kier alpha value is -2.17. The van der Waals surface area contributed by atoms with Crippen molar-refractivity contribution >= 4 is 18.0 Å². The van der Waals surface area contributed by atoms with Gasteiger partial charge in [-0.3, -0.25) is 9.59 Å². The first-order chi connectivity index (χ1) is 10.0.